The number of carbonyl (C=O) groups excluding carboxylic acids is 2. The Kier molecular flexibility index (Phi) is 37.0. The van der Waals surface area contributed by atoms with Gasteiger partial charge in [0.1, 0.15) is 5.60 Å². The molecule has 0 aliphatic rings. The third kappa shape index (κ3) is 39.0. The van der Waals surface area contributed by atoms with Crippen LogP contribution in [0.1, 0.15) is 260 Å². The van der Waals surface area contributed by atoms with Crippen molar-refractivity contribution in [2.45, 2.75) is 272 Å². The van der Waals surface area contributed by atoms with E-state index in [1.165, 1.54) is 154 Å². The summed E-state index contributed by atoms with van der Waals surface area (Å²) < 4.78 is 11.3. The number of nitrogens with zero attached hydrogens (tertiary/aromatic N) is 1. The van der Waals surface area contributed by atoms with Gasteiger partial charge in [0.15, 0.2) is 0 Å². The summed E-state index contributed by atoms with van der Waals surface area (Å²) in [6.07, 6.45) is 42.3. The van der Waals surface area contributed by atoms with Crippen molar-refractivity contribution in [1.82, 2.24) is 4.90 Å². The van der Waals surface area contributed by atoms with Crippen LogP contribution in [0.2, 0.25) is 0 Å². The Balaban J connectivity index is 4.35. The SMILES string of the molecule is CCCCCCCCC(CCCCCCCC)CCCCCCCCN(CCCCCCCC(=O)OC(C)CCCCCCC)CC(=O)OC(C)(C)C. The van der Waals surface area contributed by atoms with Crippen LogP contribution in [0, 0.1) is 5.92 Å². The minimum Gasteiger partial charge on any atom is -0.463 e. The van der Waals surface area contributed by atoms with E-state index in [0.29, 0.717) is 13.0 Å². The van der Waals surface area contributed by atoms with Crippen molar-refractivity contribution in [3.8, 4) is 0 Å². The maximum atomic E-state index is 12.7. The maximum Gasteiger partial charge on any atom is 0.320 e. The fraction of sp³-hybridized carbons (Fsp3) is 0.958. The summed E-state index contributed by atoms with van der Waals surface area (Å²) in [4.78, 5) is 27.3. The zero-order valence-electron chi connectivity index (χ0n) is 37.2. The fourth-order valence-electron chi connectivity index (χ4n) is 7.67. The number of esters is 2. The zero-order chi connectivity index (χ0) is 39.3. The smallest absolute Gasteiger partial charge is 0.320 e. The van der Waals surface area contributed by atoms with E-state index in [2.05, 4.69) is 25.7 Å². The molecule has 0 amide bonds. The number of hydrogen-bond acceptors (Lipinski definition) is 5. The van der Waals surface area contributed by atoms with Crippen LogP contribution in [0.3, 0.4) is 0 Å². The monoisotopic (exact) mass is 750 g/mol. The van der Waals surface area contributed by atoms with E-state index < -0.39 is 5.60 Å². The summed E-state index contributed by atoms with van der Waals surface area (Å²) in [5.74, 6) is 0.808. The van der Waals surface area contributed by atoms with Gasteiger partial charge in [-0.15, -0.1) is 0 Å². The van der Waals surface area contributed by atoms with Crippen LogP contribution in [0.4, 0.5) is 0 Å². The van der Waals surface area contributed by atoms with Gasteiger partial charge in [0.05, 0.1) is 12.6 Å². The largest absolute Gasteiger partial charge is 0.463 e. The van der Waals surface area contributed by atoms with Gasteiger partial charge >= 0.3 is 11.9 Å². The number of carbonyl (C=O) groups is 2. The minimum atomic E-state index is -0.446. The molecular formula is C48H95NO4. The third-order valence-corrected chi connectivity index (χ3v) is 10.9. The lowest BCUT2D eigenvalue weighted by Crippen LogP contribution is -2.36. The molecule has 0 heterocycles. The Morgan fingerprint density at radius 2 is 0.830 bits per heavy atom. The molecule has 5 nitrogen and oxygen atoms in total. The van der Waals surface area contributed by atoms with Crippen LogP contribution in [-0.2, 0) is 19.1 Å². The molecule has 1 atom stereocenters. The van der Waals surface area contributed by atoms with E-state index in [1.54, 1.807) is 0 Å². The van der Waals surface area contributed by atoms with Crippen LogP contribution in [0.25, 0.3) is 0 Å². The Hall–Kier alpha value is -1.10. The molecule has 0 saturated heterocycles. The van der Waals surface area contributed by atoms with Gasteiger partial charge in [-0.1, -0.05) is 194 Å². The average Bonchev–Trinajstić information content (AvgIpc) is 3.10. The van der Waals surface area contributed by atoms with Crippen LogP contribution < -0.4 is 0 Å². The molecule has 0 aromatic rings. The number of ether oxygens (including phenoxy) is 2. The van der Waals surface area contributed by atoms with E-state index in [9.17, 15) is 9.59 Å². The van der Waals surface area contributed by atoms with E-state index in [1.807, 2.05) is 27.7 Å². The van der Waals surface area contributed by atoms with Gasteiger partial charge in [0.25, 0.3) is 0 Å². The predicted molar refractivity (Wildman–Crippen MR) is 231 cm³/mol. The summed E-state index contributed by atoms with van der Waals surface area (Å²) >= 11 is 0. The quantitative estimate of drug-likeness (QED) is 0.0461. The van der Waals surface area contributed by atoms with Gasteiger partial charge in [0, 0.05) is 6.42 Å². The van der Waals surface area contributed by atoms with Gasteiger partial charge in [-0.3, -0.25) is 14.5 Å². The number of hydrogen-bond donors (Lipinski definition) is 0. The number of unbranched alkanes of at least 4 members (excludes halogenated alkanes) is 23. The molecule has 5 heteroatoms. The van der Waals surface area contributed by atoms with Crippen molar-refractivity contribution < 1.29 is 19.1 Å². The lowest BCUT2D eigenvalue weighted by molar-refractivity contribution is -0.156. The summed E-state index contributed by atoms with van der Waals surface area (Å²) in [6.45, 7) is 17.0. The lowest BCUT2D eigenvalue weighted by atomic mass is 9.89. The second-order valence-electron chi connectivity index (χ2n) is 17.8. The molecular weight excluding hydrogens is 655 g/mol. The Labute approximate surface area is 332 Å². The van der Waals surface area contributed by atoms with Crippen LogP contribution in [-0.4, -0.2) is 48.2 Å². The average molecular weight is 750 g/mol. The summed E-state index contributed by atoms with van der Waals surface area (Å²) in [7, 11) is 0. The van der Waals surface area contributed by atoms with Crippen molar-refractivity contribution in [2.24, 2.45) is 5.92 Å². The van der Waals surface area contributed by atoms with Crippen LogP contribution in [0.5, 0.6) is 0 Å². The molecule has 53 heavy (non-hydrogen) atoms. The first-order valence-corrected chi connectivity index (χ1v) is 23.7. The molecule has 0 aromatic heterocycles. The summed E-state index contributed by atoms with van der Waals surface area (Å²) in [6, 6.07) is 0. The van der Waals surface area contributed by atoms with E-state index in [0.717, 1.165) is 70.4 Å². The first-order chi connectivity index (χ1) is 25.6. The Morgan fingerprint density at radius 3 is 1.25 bits per heavy atom. The number of rotatable bonds is 40. The molecule has 0 N–H and O–H groups in total. The lowest BCUT2D eigenvalue weighted by Gasteiger charge is -2.25. The molecule has 0 spiro atoms. The van der Waals surface area contributed by atoms with Gasteiger partial charge in [-0.05, 0) is 78.8 Å². The van der Waals surface area contributed by atoms with Crippen LogP contribution in [0.15, 0.2) is 0 Å². The van der Waals surface area contributed by atoms with Crippen LogP contribution >= 0.6 is 0 Å². The zero-order valence-corrected chi connectivity index (χ0v) is 37.2. The van der Waals surface area contributed by atoms with E-state index >= 15 is 0 Å². The Bertz CT molecular complexity index is 777. The molecule has 0 aromatic carbocycles. The second-order valence-corrected chi connectivity index (χ2v) is 17.8. The van der Waals surface area contributed by atoms with Gasteiger partial charge < -0.3 is 9.47 Å². The Morgan fingerprint density at radius 1 is 0.472 bits per heavy atom. The molecule has 0 radical (unpaired) electrons. The fourth-order valence-corrected chi connectivity index (χ4v) is 7.67. The van der Waals surface area contributed by atoms with Crippen molar-refractivity contribution in [1.29, 1.82) is 0 Å². The molecule has 1 unspecified atom stereocenters. The third-order valence-electron chi connectivity index (χ3n) is 10.9. The molecule has 0 bridgehead atoms. The van der Waals surface area contributed by atoms with Crippen molar-refractivity contribution in [3.63, 3.8) is 0 Å². The first kappa shape index (κ1) is 51.9. The standard InChI is InChI=1S/C48H95NO4/c1-8-11-14-17-23-30-37-45(38-31-24-18-15-12-9-2)39-32-25-19-20-27-34-41-49(43-47(51)53-48(5,6)7)42-35-28-21-26-33-40-46(50)52-44(4)36-29-22-16-13-10-3/h44-45H,8-43H2,1-7H3. The highest BCUT2D eigenvalue weighted by Gasteiger charge is 2.19. The normalized spacial score (nSPS) is 12.5. The van der Waals surface area contributed by atoms with Gasteiger partial charge in [-0.25, -0.2) is 0 Å². The minimum absolute atomic E-state index is 0.0363. The first-order valence-electron chi connectivity index (χ1n) is 23.7. The molecule has 0 aliphatic carbocycles. The topological polar surface area (TPSA) is 55.8 Å². The molecule has 0 saturated carbocycles. The van der Waals surface area contributed by atoms with E-state index in [-0.39, 0.29) is 18.0 Å². The molecule has 0 rings (SSSR count). The van der Waals surface area contributed by atoms with Crippen molar-refractivity contribution >= 4 is 11.9 Å². The highest BCUT2D eigenvalue weighted by Crippen LogP contribution is 2.25. The second kappa shape index (κ2) is 37.8. The van der Waals surface area contributed by atoms with Crippen molar-refractivity contribution in [3.05, 3.63) is 0 Å². The summed E-state index contributed by atoms with van der Waals surface area (Å²) in [5, 5.41) is 0. The highest BCUT2D eigenvalue weighted by molar-refractivity contribution is 5.72. The highest BCUT2D eigenvalue weighted by atomic mass is 16.6. The van der Waals surface area contributed by atoms with Crippen molar-refractivity contribution in [2.75, 3.05) is 19.6 Å². The van der Waals surface area contributed by atoms with Gasteiger partial charge in [-0.2, -0.15) is 0 Å². The van der Waals surface area contributed by atoms with E-state index in [4.69, 9.17) is 9.47 Å². The summed E-state index contributed by atoms with van der Waals surface area (Å²) in [5.41, 5.74) is -0.446. The molecule has 0 fully saturated rings. The molecule has 316 valence electrons. The van der Waals surface area contributed by atoms with Gasteiger partial charge in [0.2, 0.25) is 0 Å². The maximum absolute atomic E-state index is 12.7. The predicted octanol–water partition coefficient (Wildman–Crippen LogP) is 15.1. The molecule has 0 aliphatic heterocycles.